The average Bonchev–Trinajstić information content (AvgIpc) is 3.10. The Balaban J connectivity index is 1.59. The summed E-state index contributed by atoms with van der Waals surface area (Å²) >= 11 is 0. The van der Waals surface area contributed by atoms with Crippen LogP contribution in [0.25, 0.3) is 11.6 Å². The number of hydrogen-bond acceptors (Lipinski definition) is 9. The predicted molar refractivity (Wildman–Crippen MR) is 85.8 cm³/mol. The predicted octanol–water partition coefficient (Wildman–Crippen LogP) is 1.37. The lowest BCUT2D eigenvalue weighted by Gasteiger charge is -2.24. The van der Waals surface area contributed by atoms with Gasteiger partial charge in [-0.2, -0.15) is 5.10 Å². The summed E-state index contributed by atoms with van der Waals surface area (Å²) in [6.45, 7) is 3.98. The quantitative estimate of drug-likeness (QED) is 0.478. The standard InChI is InChI=1S/C14H16N6O4/c21-20(22)13-2-1-11(24-13)14-15-4-3-12(17-14)18-16-5-6-19-7-9-23-10-8-19/h1-5H,6-10H2,(H,15,17,18). The van der Waals surface area contributed by atoms with Gasteiger partial charge in [0.25, 0.3) is 0 Å². The molecule has 2 aromatic rings. The molecule has 3 heterocycles. The minimum absolute atomic E-state index is 0.225. The Bertz CT molecular complexity index is 726. The van der Waals surface area contributed by atoms with Crippen molar-refractivity contribution in [1.82, 2.24) is 14.9 Å². The lowest BCUT2D eigenvalue weighted by molar-refractivity contribution is -0.401. The fourth-order valence-electron chi connectivity index (χ4n) is 2.14. The highest BCUT2D eigenvalue weighted by Crippen LogP contribution is 2.23. The summed E-state index contributed by atoms with van der Waals surface area (Å²) in [7, 11) is 0. The zero-order valence-corrected chi connectivity index (χ0v) is 12.8. The second-order valence-corrected chi connectivity index (χ2v) is 5.00. The van der Waals surface area contributed by atoms with E-state index < -0.39 is 4.92 Å². The van der Waals surface area contributed by atoms with Gasteiger partial charge in [0.2, 0.25) is 0 Å². The van der Waals surface area contributed by atoms with E-state index in [2.05, 4.69) is 25.4 Å². The highest BCUT2D eigenvalue weighted by atomic mass is 16.6. The fourth-order valence-corrected chi connectivity index (χ4v) is 2.14. The average molecular weight is 332 g/mol. The van der Waals surface area contributed by atoms with E-state index in [0.29, 0.717) is 5.82 Å². The highest BCUT2D eigenvalue weighted by molar-refractivity contribution is 5.61. The first kappa shape index (κ1) is 16.0. The normalized spacial score (nSPS) is 15.7. The molecule has 0 saturated carbocycles. The molecular formula is C14H16N6O4. The first-order valence-corrected chi connectivity index (χ1v) is 7.37. The van der Waals surface area contributed by atoms with Gasteiger partial charge in [-0.15, -0.1) is 0 Å². The van der Waals surface area contributed by atoms with Crippen molar-refractivity contribution in [3.8, 4) is 11.6 Å². The maximum Gasteiger partial charge on any atom is 0.433 e. The lowest BCUT2D eigenvalue weighted by Crippen LogP contribution is -2.37. The van der Waals surface area contributed by atoms with E-state index in [1.165, 1.54) is 18.3 Å². The maximum atomic E-state index is 10.6. The van der Waals surface area contributed by atoms with Crippen molar-refractivity contribution in [3.63, 3.8) is 0 Å². The number of nitro groups is 1. The molecule has 1 aliphatic rings. The first-order valence-electron chi connectivity index (χ1n) is 7.37. The summed E-state index contributed by atoms with van der Waals surface area (Å²) in [5, 5.41) is 14.8. The van der Waals surface area contributed by atoms with Crippen LogP contribution in [0.3, 0.4) is 0 Å². The van der Waals surface area contributed by atoms with Gasteiger partial charge in [0, 0.05) is 38.1 Å². The molecule has 10 heteroatoms. The van der Waals surface area contributed by atoms with Gasteiger partial charge in [0.05, 0.1) is 19.3 Å². The van der Waals surface area contributed by atoms with Crippen molar-refractivity contribution in [2.75, 3.05) is 38.3 Å². The summed E-state index contributed by atoms with van der Waals surface area (Å²) in [5.74, 6) is 0.590. The van der Waals surface area contributed by atoms with Crippen LogP contribution in [-0.4, -0.2) is 58.9 Å². The third kappa shape index (κ3) is 4.12. The first-order chi connectivity index (χ1) is 11.7. The van der Waals surface area contributed by atoms with Crippen LogP contribution in [0.5, 0.6) is 0 Å². The SMILES string of the molecule is O=[N+]([O-])c1ccc(-c2nccc(NN=CCN3CCOCC3)n2)o1. The number of nitrogens with zero attached hydrogens (tertiary/aromatic N) is 5. The van der Waals surface area contributed by atoms with Gasteiger partial charge in [0.15, 0.2) is 11.6 Å². The second-order valence-electron chi connectivity index (χ2n) is 5.00. The molecule has 2 aromatic heterocycles. The molecule has 0 amide bonds. The lowest BCUT2D eigenvalue weighted by atomic mass is 10.4. The van der Waals surface area contributed by atoms with E-state index in [1.54, 1.807) is 12.3 Å². The molecule has 1 fully saturated rings. The highest BCUT2D eigenvalue weighted by Gasteiger charge is 2.15. The van der Waals surface area contributed by atoms with Gasteiger partial charge in [-0.25, -0.2) is 9.97 Å². The van der Waals surface area contributed by atoms with Crippen LogP contribution >= 0.6 is 0 Å². The van der Waals surface area contributed by atoms with Crippen molar-refractivity contribution >= 4 is 17.9 Å². The molecule has 1 aliphatic heterocycles. The molecule has 1 N–H and O–H groups in total. The zero-order valence-electron chi connectivity index (χ0n) is 12.8. The fraction of sp³-hybridized carbons (Fsp3) is 0.357. The van der Waals surface area contributed by atoms with Crippen molar-refractivity contribution < 1.29 is 14.1 Å². The number of rotatable bonds is 6. The van der Waals surface area contributed by atoms with Crippen molar-refractivity contribution in [1.29, 1.82) is 0 Å². The van der Waals surface area contributed by atoms with E-state index >= 15 is 0 Å². The molecule has 0 atom stereocenters. The summed E-state index contributed by atoms with van der Waals surface area (Å²) in [5.41, 5.74) is 2.81. The molecule has 24 heavy (non-hydrogen) atoms. The smallest absolute Gasteiger partial charge is 0.397 e. The van der Waals surface area contributed by atoms with E-state index in [-0.39, 0.29) is 17.5 Å². The molecule has 1 saturated heterocycles. The van der Waals surface area contributed by atoms with E-state index in [1.807, 2.05) is 0 Å². The second kappa shape index (κ2) is 7.62. The number of furan rings is 1. The molecule has 0 spiro atoms. The van der Waals surface area contributed by atoms with Gasteiger partial charge < -0.3 is 9.15 Å². The minimum Gasteiger partial charge on any atom is -0.397 e. The largest absolute Gasteiger partial charge is 0.433 e. The van der Waals surface area contributed by atoms with E-state index in [9.17, 15) is 10.1 Å². The number of morpholine rings is 1. The van der Waals surface area contributed by atoms with Crippen LogP contribution < -0.4 is 5.43 Å². The Morgan fingerprint density at radius 2 is 2.21 bits per heavy atom. The van der Waals surface area contributed by atoms with Crippen molar-refractivity contribution in [3.05, 3.63) is 34.5 Å². The molecular weight excluding hydrogens is 316 g/mol. The van der Waals surface area contributed by atoms with Crippen LogP contribution in [0.15, 0.2) is 33.9 Å². The van der Waals surface area contributed by atoms with Crippen LogP contribution in [0, 0.1) is 10.1 Å². The molecule has 0 aromatic carbocycles. The Labute approximate surface area is 137 Å². The van der Waals surface area contributed by atoms with Crippen molar-refractivity contribution in [2.45, 2.75) is 0 Å². The summed E-state index contributed by atoms with van der Waals surface area (Å²) < 4.78 is 10.4. The zero-order chi connectivity index (χ0) is 16.8. The Morgan fingerprint density at radius 3 is 2.96 bits per heavy atom. The number of ether oxygens (including phenoxy) is 1. The molecule has 3 rings (SSSR count). The van der Waals surface area contributed by atoms with Gasteiger partial charge >= 0.3 is 5.88 Å². The van der Waals surface area contributed by atoms with E-state index in [0.717, 1.165) is 32.8 Å². The Hall–Kier alpha value is -2.85. The topological polar surface area (TPSA) is 119 Å². The molecule has 0 unspecified atom stereocenters. The summed E-state index contributed by atoms with van der Waals surface area (Å²) in [6.07, 6.45) is 3.28. The van der Waals surface area contributed by atoms with Crippen LogP contribution in [0.1, 0.15) is 0 Å². The van der Waals surface area contributed by atoms with Gasteiger partial charge in [-0.3, -0.25) is 20.4 Å². The Morgan fingerprint density at radius 1 is 1.38 bits per heavy atom. The van der Waals surface area contributed by atoms with Crippen LogP contribution in [-0.2, 0) is 4.74 Å². The minimum atomic E-state index is -0.610. The van der Waals surface area contributed by atoms with Crippen molar-refractivity contribution in [2.24, 2.45) is 5.10 Å². The van der Waals surface area contributed by atoms with Crippen LogP contribution in [0.2, 0.25) is 0 Å². The third-order valence-corrected chi connectivity index (χ3v) is 3.36. The summed E-state index contributed by atoms with van der Waals surface area (Å²) in [6, 6.07) is 4.37. The number of anilines is 1. The number of nitrogens with one attached hydrogen (secondary N) is 1. The summed E-state index contributed by atoms with van der Waals surface area (Å²) in [4.78, 5) is 20.5. The monoisotopic (exact) mass is 332 g/mol. The van der Waals surface area contributed by atoms with Gasteiger partial charge in [0.1, 0.15) is 10.7 Å². The molecule has 126 valence electrons. The van der Waals surface area contributed by atoms with Crippen LogP contribution in [0.4, 0.5) is 11.7 Å². The number of hydrazone groups is 1. The number of hydrogen-bond donors (Lipinski definition) is 1. The molecule has 0 radical (unpaired) electrons. The Kier molecular flexibility index (Phi) is 5.08. The van der Waals surface area contributed by atoms with E-state index in [4.69, 9.17) is 9.15 Å². The molecule has 10 nitrogen and oxygen atoms in total. The molecule has 0 bridgehead atoms. The number of aromatic nitrogens is 2. The third-order valence-electron chi connectivity index (χ3n) is 3.36. The van der Waals surface area contributed by atoms with Gasteiger partial charge in [-0.1, -0.05) is 0 Å². The maximum absolute atomic E-state index is 10.6. The van der Waals surface area contributed by atoms with Gasteiger partial charge in [-0.05, 0) is 6.07 Å². The molecule has 0 aliphatic carbocycles.